The molecule has 7 heteroatoms. The summed E-state index contributed by atoms with van der Waals surface area (Å²) in [4.78, 5) is 12.8. The van der Waals surface area contributed by atoms with Gasteiger partial charge >= 0.3 is 12.1 Å². The number of halogens is 3. The SMILES string of the molecule is O=C(O)C1CSCCN1Cc1ccccc1C(F)(F)F. The molecular weight excluding hydrogens is 291 g/mol. The van der Waals surface area contributed by atoms with Crippen molar-refractivity contribution in [1.29, 1.82) is 0 Å². The van der Waals surface area contributed by atoms with E-state index in [9.17, 15) is 18.0 Å². The second-order valence-electron chi connectivity index (χ2n) is 4.55. The molecule has 1 N–H and O–H groups in total. The third kappa shape index (κ3) is 3.46. The van der Waals surface area contributed by atoms with E-state index in [4.69, 9.17) is 5.11 Å². The van der Waals surface area contributed by atoms with Crippen LogP contribution in [0.3, 0.4) is 0 Å². The van der Waals surface area contributed by atoms with Gasteiger partial charge in [0.15, 0.2) is 0 Å². The number of nitrogens with zero attached hydrogens (tertiary/aromatic N) is 1. The first-order chi connectivity index (χ1) is 9.39. The molecule has 1 fully saturated rings. The minimum absolute atomic E-state index is 0.00715. The van der Waals surface area contributed by atoms with E-state index in [2.05, 4.69) is 0 Å². The number of carboxylic acids is 1. The zero-order valence-electron chi connectivity index (χ0n) is 10.6. The molecule has 0 radical (unpaired) electrons. The molecule has 20 heavy (non-hydrogen) atoms. The quantitative estimate of drug-likeness (QED) is 0.932. The minimum atomic E-state index is -4.42. The van der Waals surface area contributed by atoms with E-state index in [1.807, 2.05) is 0 Å². The standard InChI is InChI=1S/C13H14F3NO2S/c14-13(15,16)10-4-2-1-3-9(10)7-17-5-6-20-8-11(17)12(18)19/h1-4,11H,5-8H2,(H,18,19). The monoisotopic (exact) mass is 305 g/mol. The molecular formula is C13H14F3NO2S. The van der Waals surface area contributed by atoms with Crippen molar-refractivity contribution in [2.45, 2.75) is 18.8 Å². The first kappa shape index (κ1) is 15.2. The Kier molecular flexibility index (Phi) is 4.59. The third-order valence-electron chi connectivity index (χ3n) is 3.22. The molecule has 0 bridgehead atoms. The van der Waals surface area contributed by atoms with Crippen LogP contribution >= 0.6 is 11.8 Å². The van der Waals surface area contributed by atoms with Crippen molar-refractivity contribution in [2.75, 3.05) is 18.1 Å². The number of alkyl halides is 3. The number of thioether (sulfide) groups is 1. The molecule has 1 aromatic carbocycles. The maximum Gasteiger partial charge on any atom is 0.416 e. The highest BCUT2D eigenvalue weighted by atomic mass is 32.2. The van der Waals surface area contributed by atoms with Gasteiger partial charge < -0.3 is 5.11 Å². The third-order valence-corrected chi connectivity index (χ3v) is 4.24. The van der Waals surface area contributed by atoms with Gasteiger partial charge in [-0.1, -0.05) is 18.2 Å². The van der Waals surface area contributed by atoms with Crippen LogP contribution in [-0.2, 0) is 17.5 Å². The summed E-state index contributed by atoms with van der Waals surface area (Å²) in [7, 11) is 0. The van der Waals surface area contributed by atoms with Crippen molar-refractivity contribution in [3.8, 4) is 0 Å². The van der Waals surface area contributed by atoms with Crippen molar-refractivity contribution in [3.63, 3.8) is 0 Å². The van der Waals surface area contributed by atoms with Crippen molar-refractivity contribution in [2.24, 2.45) is 0 Å². The molecule has 1 saturated heterocycles. The van der Waals surface area contributed by atoms with Gasteiger partial charge in [0.1, 0.15) is 6.04 Å². The van der Waals surface area contributed by atoms with Crippen LogP contribution in [0.4, 0.5) is 13.2 Å². The average Bonchev–Trinajstić information content (AvgIpc) is 2.38. The van der Waals surface area contributed by atoms with Gasteiger partial charge in [-0.2, -0.15) is 24.9 Å². The van der Waals surface area contributed by atoms with Gasteiger partial charge in [-0.25, -0.2) is 0 Å². The molecule has 1 atom stereocenters. The van der Waals surface area contributed by atoms with Crippen LogP contribution in [-0.4, -0.2) is 40.1 Å². The summed E-state index contributed by atoms with van der Waals surface area (Å²) in [6.07, 6.45) is -4.42. The molecule has 0 aromatic heterocycles. The van der Waals surface area contributed by atoms with Gasteiger partial charge in [0.05, 0.1) is 5.56 Å². The Morgan fingerprint density at radius 2 is 2.10 bits per heavy atom. The van der Waals surface area contributed by atoms with Crippen molar-refractivity contribution in [3.05, 3.63) is 35.4 Å². The lowest BCUT2D eigenvalue weighted by Gasteiger charge is -2.33. The number of carboxylic acid groups (broad SMARTS) is 1. The van der Waals surface area contributed by atoms with Gasteiger partial charge in [-0.3, -0.25) is 9.69 Å². The highest BCUT2D eigenvalue weighted by Crippen LogP contribution is 2.33. The van der Waals surface area contributed by atoms with Crippen molar-refractivity contribution >= 4 is 17.7 Å². The molecule has 1 aromatic rings. The van der Waals surface area contributed by atoms with Gasteiger partial charge in [-0.05, 0) is 11.6 Å². The molecule has 2 rings (SSSR count). The maximum absolute atomic E-state index is 12.9. The smallest absolute Gasteiger partial charge is 0.416 e. The van der Waals surface area contributed by atoms with E-state index in [0.29, 0.717) is 12.3 Å². The van der Waals surface area contributed by atoms with Crippen molar-refractivity contribution in [1.82, 2.24) is 4.90 Å². The lowest BCUT2D eigenvalue weighted by Crippen LogP contribution is -2.46. The lowest BCUT2D eigenvalue weighted by molar-refractivity contribution is -0.142. The van der Waals surface area contributed by atoms with Crippen LogP contribution in [0.5, 0.6) is 0 Å². The Labute approximate surface area is 118 Å². The predicted molar refractivity (Wildman–Crippen MR) is 70.6 cm³/mol. The van der Waals surface area contributed by atoms with Crippen molar-refractivity contribution < 1.29 is 23.1 Å². The fraction of sp³-hybridized carbons (Fsp3) is 0.462. The van der Waals surface area contributed by atoms with Crippen LogP contribution in [0.15, 0.2) is 24.3 Å². The summed E-state index contributed by atoms with van der Waals surface area (Å²) in [5, 5.41) is 9.14. The molecule has 3 nitrogen and oxygen atoms in total. The van der Waals surface area contributed by atoms with Gasteiger partial charge in [0.25, 0.3) is 0 Å². The molecule has 110 valence electrons. The Bertz CT molecular complexity index is 493. The normalized spacial score (nSPS) is 20.9. The van der Waals surface area contributed by atoms with Crippen LogP contribution < -0.4 is 0 Å². The predicted octanol–water partition coefficient (Wildman–Crippen LogP) is 2.71. The van der Waals surface area contributed by atoms with E-state index in [0.717, 1.165) is 11.8 Å². The number of rotatable bonds is 3. The number of benzene rings is 1. The average molecular weight is 305 g/mol. The molecule has 1 heterocycles. The zero-order valence-corrected chi connectivity index (χ0v) is 11.4. The first-order valence-corrected chi connectivity index (χ1v) is 7.25. The van der Waals surface area contributed by atoms with Crippen LogP contribution in [0, 0.1) is 0 Å². The summed E-state index contributed by atoms with van der Waals surface area (Å²) in [5.41, 5.74) is -0.569. The highest BCUT2D eigenvalue weighted by Gasteiger charge is 2.35. The Hall–Kier alpha value is -1.21. The molecule has 1 aliphatic heterocycles. The van der Waals surface area contributed by atoms with E-state index >= 15 is 0 Å². The summed E-state index contributed by atoms with van der Waals surface area (Å²) < 4.78 is 38.8. The Morgan fingerprint density at radius 3 is 2.75 bits per heavy atom. The first-order valence-electron chi connectivity index (χ1n) is 6.09. The van der Waals surface area contributed by atoms with E-state index in [-0.39, 0.29) is 12.1 Å². The number of hydrogen-bond acceptors (Lipinski definition) is 3. The van der Waals surface area contributed by atoms with Gasteiger partial charge in [0, 0.05) is 24.6 Å². The van der Waals surface area contributed by atoms with E-state index in [1.165, 1.54) is 23.9 Å². The summed E-state index contributed by atoms with van der Waals surface area (Å²) >= 11 is 1.51. The molecule has 0 aliphatic carbocycles. The van der Waals surface area contributed by atoms with Gasteiger partial charge in [0.2, 0.25) is 0 Å². The molecule has 1 unspecified atom stereocenters. The fourth-order valence-corrected chi connectivity index (χ4v) is 3.32. The second kappa shape index (κ2) is 6.05. The van der Waals surface area contributed by atoms with Gasteiger partial charge in [-0.15, -0.1) is 0 Å². The minimum Gasteiger partial charge on any atom is -0.480 e. The Balaban J connectivity index is 2.23. The van der Waals surface area contributed by atoms with Crippen LogP contribution in [0.1, 0.15) is 11.1 Å². The van der Waals surface area contributed by atoms with E-state index in [1.54, 1.807) is 11.0 Å². The summed E-state index contributed by atoms with van der Waals surface area (Å²) in [5.74, 6) is 0.156. The number of aliphatic carboxylic acids is 1. The zero-order chi connectivity index (χ0) is 14.8. The highest BCUT2D eigenvalue weighted by molar-refractivity contribution is 7.99. The van der Waals surface area contributed by atoms with Crippen LogP contribution in [0.25, 0.3) is 0 Å². The maximum atomic E-state index is 12.9. The summed E-state index contributed by atoms with van der Waals surface area (Å²) in [6.45, 7) is 0.487. The van der Waals surface area contributed by atoms with Crippen LogP contribution in [0.2, 0.25) is 0 Å². The molecule has 0 amide bonds. The molecule has 0 saturated carbocycles. The number of hydrogen-bond donors (Lipinski definition) is 1. The second-order valence-corrected chi connectivity index (χ2v) is 5.70. The topological polar surface area (TPSA) is 40.5 Å². The largest absolute Gasteiger partial charge is 0.480 e. The molecule has 0 spiro atoms. The Morgan fingerprint density at radius 1 is 1.40 bits per heavy atom. The lowest BCUT2D eigenvalue weighted by atomic mass is 10.1. The fourth-order valence-electron chi connectivity index (χ4n) is 2.21. The number of carbonyl (C=O) groups is 1. The van der Waals surface area contributed by atoms with E-state index < -0.39 is 23.8 Å². The molecule has 1 aliphatic rings. The summed E-state index contributed by atoms with van der Waals surface area (Å²) in [6, 6.07) is 4.59.